The zero-order valence-electron chi connectivity index (χ0n) is 22.6. The van der Waals surface area contributed by atoms with Crippen molar-refractivity contribution in [2.75, 3.05) is 45.8 Å². The molecule has 3 saturated heterocycles. The van der Waals surface area contributed by atoms with Crippen LogP contribution in [0, 0.1) is 16.7 Å². The maximum absolute atomic E-state index is 13.6. The van der Waals surface area contributed by atoms with Crippen molar-refractivity contribution in [2.24, 2.45) is 16.7 Å². The average Bonchev–Trinajstić information content (AvgIpc) is 3.34. The number of fused-ring (bicyclic) bond motifs is 1. The highest BCUT2D eigenvalue weighted by atomic mass is 19.4. The third-order valence-corrected chi connectivity index (χ3v) is 8.33. The highest BCUT2D eigenvalue weighted by Gasteiger charge is 2.64. The number of carboxylic acids is 1. The number of piperidine rings is 1. The lowest BCUT2D eigenvalue weighted by Crippen LogP contribution is -2.53. The molecule has 2 spiro atoms. The van der Waals surface area contributed by atoms with Crippen LogP contribution < -0.4 is 0 Å². The number of alkyl halides is 3. The number of hydrogen-bond donors (Lipinski definition) is 1. The smallest absolute Gasteiger partial charge is 0.475 e. The van der Waals surface area contributed by atoms with Gasteiger partial charge in [-0.05, 0) is 44.1 Å². The number of halogens is 3. The molecule has 0 aromatic heterocycles. The lowest BCUT2D eigenvalue weighted by Gasteiger charge is -2.47. The first kappa shape index (κ1) is 29.9. The van der Waals surface area contributed by atoms with E-state index in [1.165, 1.54) is 5.56 Å². The second kappa shape index (κ2) is 12.1. The van der Waals surface area contributed by atoms with Gasteiger partial charge >= 0.3 is 12.1 Å². The number of carbonyl (C=O) groups is 3. The molecule has 10 heteroatoms. The van der Waals surface area contributed by atoms with Gasteiger partial charge in [-0.1, -0.05) is 44.2 Å². The van der Waals surface area contributed by atoms with Gasteiger partial charge in [0.05, 0.1) is 5.41 Å². The second-order valence-electron chi connectivity index (χ2n) is 11.2. The van der Waals surface area contributed by atoms with Gasteiger partial charge in [0.15, 0.2) is 0 Å². The topological polar surface area (TPSA) is 81.2 Å². The van der Waals surface area contributed by atoms with Crippen LogP contribution in [0.25, 0.3) is 0 Å². The molecule has 212 valence electrons. The Morgan fingerprint density at radius 1 is 1.03 bits per heavy atom. The number of hydrogen-bond acceptors (Lipinski definition) is 4. The molecule has 1 N–H and O–H groups in total. The van der Waals surface area contributed by atoms with Crippen LogP contribution in [0.4, 0.5) is 13.2 Å². The number of aliphatic carboxylic acids is 1. The SMILES string of the molecule is CCN1CCC2(CN(CC(C)C)CC23CCN(C(=O)CCc2ccccc2)CC3)C1=O.O=C(O)C(F)(F)F. The van der Waals surface area contributed by atoms with Crippen molar-refractivity contribution in [3.05, 3.63) is 35.9 Å². The number of carbonyl (C=O) groups excluding carboxylic acids is 2. The Hall–Kier alpha value is -2.62. The van der Waals surface area contributed by atoms with E-state index < -0.39 is 12.1 Å². The van der Waals surface area contributed by atoms with E-state index in [4.69, 9.17) is 9.90 Å². The molecule has 0 saturated carbocycles. The Bertz CT molecular complexity index is 977. The maximum atomic E-state index is 13.6. The molecule has 0 radical (unpaired) electrons. The van der Waals surface area contributed by atoms with Crippen molar-refractivity contribution < 1.29 is 32.7 Å². The molecule has 0 aliphatic carbocycles. The normalized spacial score (nSPS) is 23.3. The molecule has 1 aromatic carbocycles. The van der Waals surface area contributed by atoms with Crippen molar-refractivity contribution in [2.45, 2.75) is 59.1 Å². The summed E-state index contributed by atoms with van der Waals surface area (Å²) in [6.45, 7) is 12.9. The van der Waals surface area contributed by atoms with Gasteiger partial charge in [0.2, 0.25) is 11.8 Å². The van der Waals surface area contributed by atoms with E-state index in [1.54, 1.807) is 0 Å². The van der Waals surface area contributed by atoms with Gasteiger partial charge in [0.25, 0.3) is 0 Å². The molecule has 0 bridgehead atoms. The summed E-state index contributed by atoms with van der Waals surface area (Å²) in [5, 5.41) is 7.12. The molecule has 3 fully saturated rings. The zero-order valence-corrected chi connectivity index (χ0v) is 22.6. The minimum atomic E-state index is -5.08. The molecule has 1 atom stereocenters. The van der Waals surface area contributed by atoms with E-state index in [2.05, 4.69) is 47.6 Å². The molecule has 1 unspecified atom stereocenters. The molecule has 38 heavy (non-hydrogen) atoms. The third-order valence-electron chi connectivity index (χ3n) is 8.33. The first-order chi connectivity index (χ1) is 17.8. The largest absolute Gasteiger partial charge is 0.490 e. The van der Waals surface area contributed by atoms with Crippen LogP contribution in [0.2, 0.25) is 0 Å². The summed E-state index contributed by atoms with van der Waals surface area (Å²) in [6, 6.07) is 10.3. The van der Waals surface area contributed by atoms with Crippen molar-refractivity contribution >= 4 is 17.8 Å². The minimum Gasteiger partial charge on any atom is -0.475 e. The maximum Gasteiger partial charge on any atom is 0.490 e. The van der Waals surface area contributed by atoms with Crippen molar-refractivity contribution in [1.29, 1.82) is 0 Å². The standard InChI is InChI=1S/C26H39N3O2.C2HF3O2/c1-4-28-17-14-26(24(28)31)20-27(18-21(2)3)19-25(26)12-15-29(16-13-25)23(30)11-10-22-8-6-5-7-9-22;3-2(4,5)1(6)7/h5-9,21H,4,10-20H2,1-3H3;(H,6,7). The fraction of sp³-hybridized carbons (Fsp3) is 0.679. The van der Waals surface area contributed by atoms with E-state index in [-0.39, 0.29) is 16.7 Å². The van der Waals surface area contributed by atoms with E-state index in [0.717, 1.165) is 71.5 Å². The number of benzene rings is 1. The summed E-state index contributed by atoms with van der Waals surface area (Å²) in [4.78, 5) is 42.0. The molecular weight excluding hydrogens is 499 g/mol. The Kier molecular flexibility index (Phi) is 9.49. The van der Waals surface area contributed by atoms with Crippen molar-refractivity contribution in [3.63, 3.8) is 0 Å². The van der Waals surface area contributed by atoms with Crippen LogP contribution >= 0.6 is 0 Å². The van der Waals surface area contributed by atoms with Gasteiger partial charge in [-0.15, -0.1) is 0 Å². The fourth-order valence-corrected chi connectivity index (χ4v) is 6.48. The van der Waals surface area contributed by atoms with E-state index in [1.807, 2.05) is 18.2 Å². The monoisotopic (exact) mass is 539 g/mol. The summed E-state index contributed by atoms with van der Waals surface area (Å²) in [7, 11) is 0. The average molecular weight is 540 g/mol. The second-order valence-corrected chi connectivity index (χ2v) is 11.2. The third kappa shape index (κ3) is 6.50. The summed E-state index contributed by atoms with van der Waals surface area (Å²) < 4.78 is 31.7. The lowest BCUT2D eigenvalue weighted by atomic mass is 9.60. The molecule has 3 aliphatic rings. The van der Waals surface area contributed by atoms with Gasteiger partial charge < -0.3 is 19.8 Å². The van der Waals surface area contributed by atoms with Crippen LogP contribution in [-0.2, 0) is 20.8 Å². The highest BCUT2D eigenvalue weighted by Crippen LogP contribution is 2.57. The number of aryl methyl sites for hydroxylation is 1. The summed E-state index contributed by atoms with van der Waals surface area (Å²) >= 11 is 0. The van der Waals surface area contributed by atoms with E-state index in [0.29, 0.717) is 18.2 Å². The molecule has 7 nitrogen and oxygen atoms in total. The number of likely N-dealkylation sites (tertiary alicyclic amines) is 3. The molecule has 2 amide bonds. The van der Waals surface area contributed by atoms with Gasteiger partial charge in [-0.25, -0.2) is 4.79 Å². The van der Waals surface area contributed by atoms with E-state index in [9.17, 15) is 22.8 Å². The molecule has 3 aliphatic heterocycles. The van der Waals surface area contributed by atoms with Crippen molar-refractivity contribution in [1.82, 2.24) is 14.7 Å². The molecule has 4 rings (SSSR count). The quantitative estimate of drug-likeness (QED) is 0.590. The first-order valence-electron chi connectivity index (χ1n) is 13.5. The van der Waals surface area contributed by atoms with Gasteiger partial charge in [-0.2, -0.15) is 13.2 Å². The van der Waals surface area contributed by atoms with Gasteiger partial charge in [0, 0.05) is 57.6 Å². The Labute approximate surface area is 223 Å². The van der Waals surface area contributed by atoms with Crippen LogP contribution in [0.1, 0.15) is 52.0 Å². The summed E-state index contributed by atoms with van der Waals surface area (Å²) in [6.07, 6.45) is -0.804. The Balaban J connectivity index is 0.000000505. The van der Waals surface area contributed by atoms with Gasteiger partial charge in [-0.3, -0.25) is 9.59 Å². The van der Waals surface area contributed by atoms with Gasteiger partial charge in [0.1, 0.15) is 0 Å². The van der Waals surface area contributed by atoms with Crippen LogP contribution in [0.15, 0.2) is 30.3 Å². The molecule has 3 heterocycles. The predicted octanol–water partition coefficient (Wildman–Crippen LogP) is 4.07. The van der Waals surface area contributed by atoms with Crippen LogP contribution in [0.5, 0.6) is 0 Å². The van der Waals surface area contributed by atoms with Crippen LogP contribution in [0.3, 0.4) is 0 Å². The number of rotatable bonds is 6. The first-order valence-corrected chi connectivity index (χ1v) is 13.5. The molecular formula is C28H40F3N3O4. The minimum absolute atomic E-state index is 0.0269. The Morgan fingerprint density at radius 3 is 2.13 bits per heavy atom. The number of amides is 2. The lowest BCUT2D eigenvalue weighted by molar-refractivity contribution is -0.192. The highest BCUT2D eigenvalue weighted by molar-refractivity contribution is 5.87. The van der Waals surface area contributed by atoms with Crippen molar-refractivity contribution in [3.8, 4) is 0 Å². The van der Waals surface area contributed by atoms with E-state index >= 15 is 0 Å². The number of carboxylic acid groups (broad SMARTS) is 1. The number of nitrogens with zero attached hydrogens (tertiary/aromatic N) is 3. The zero-order chi connectivity index (χ0) is 28.1. The summed E-state index contributed by atoms with van der Waals surface area (Å²) in [5.74, 6) is -1.51. The predicted molar refractivity (Wildman–Crippen MR) is 137 cm³/mol. The molecule has 1 aromatic rings. The fourth-order valence-electron chi connectivity index (χ4n) is 6.48. The van der Waals surface area contributed by atoms with Crippen LogP contribution in [-0.4, -0.2) is 89.6 Å². The Morgan fingerprint density at radius 2 is 1.63 bits per heavy atom. The summed E-state index contributed by atoms with van der Waals surface area (Å²) in [5.41, 5.74) is 1.01.